The maximum Gasteiger partial charge on any atom is 0.220 e. The van der Waals surface area contributed by atoms with Crippen LogP contribution in [-0.2, 0) is 52.3 Å². The van der Waals surface area contributed by atoms with Crippen LogP contribution in [0.2, 0.25) is 0 Å². The fourth-order valence-electron chi connectivity index (χ4n) is 13.2. The van der Waals surface area contributed by atoms with Gasteiger partial charge in [0.05, 0.1) is 45.2 Å². The van der Waals surface area contributed by atoms with E-state index in [1.165, 1.54) is 154 Å². The molecule has 4 fully saturated rings. The fraction of sp³-hybridized carbons (Fsp3) is 0.929. The number of nitrogens with one attached hydrogen (secondary N) is 3. The third-order valence-electron chi connectivity index (χ3n) is 19.0. The van der Waals surface area contributed by atoms with Crippen molar-refractivity contribution in [1.29, 1.82) is 0 Å². The van der Waals surface area contributed by atoms with Gasteiger partial charge in [-0.15, -0.1) is 0 Å². The first-order valence-electron chi connectivity index (χ1n) is 36.9. The van der Waals surface area contributed by atoms with Crippen molar-refractivity contribution in [3.63, 3.8) is 0 Å². The van der Waals surface area contributed by atoms with E-state index in [4.69, 9.17) is 37.9 Å². The second-order valence-electron chi connectivity index (χ2n) is 27.2. The molecule has 4 aliphatic heterocycles. The van der Waals surface area contributed by atoms with Crippen molar-refractivity contribution in [3.05, 3.63) is 12.2 Å². The maximum atomic E-state index is 13.5. The highest BCUT2D eigenvalue weighted by molar-refractivity contribution is 5.76. The first-order chi connectivity index (χ1) is 46.3. The molecule has 562 valence electrons. The second kappa shape index (κ2) is 49.8. The van der Waals surface area contributed by atoms with Crippen LogP contribution in [0.25, 0.3) is 0 Å². The maximum absolute atomic E-state index is 13.5. The molecule has 4 aliphatic rings. The molecule has 22 unspecified atom stereocenters. The van der Waals surface area contributed by atoms with Gasteiger partial charge in [-0.1, -0.05) is 219 Å². The highest BCUT2D eigenvalue weighted by atomic mass is 16.8. The zero-order valence-corrected chi connectivity index (χ0v) is 58.3. The van der Waals surface area contributed by atoms with Gasteiger partial charge in [0.1, 0.15) is 97.5 Å². The van der Waals surface area contributed by atoms with Crippen LogP contribution >= 0.6 is 0 Å². The van der Waals surface area contributed by atoms with E-state index in [-0.39, 0.29) is 12.3 Å². The predicted molar refractivity (Wildman–Crippen MR) is 356 cm³/mol. The van der Waals surface area contributed by atoms with Crippen LogP contribution in [0.3, 0.4) is 0 Å². The minimum atomic E-state index is -2.18. The Morgan fingerprint density at radius 1 is 0.406 bits per heavy atom. The van der Waals surface area contributed by atoms with Crippen LogP contribution in [0.4, 0.5) is 0 Å². The Morgan fingerprint density at radius 3 is 1.17 bits per heavy atom. The van der Waals surface area contributed by atoms with Crippen molar-refractivity contribution in [1.82, 2.24) is 16.0 Å². The number of hydrogen-bond donors (Lipinski definition) is 15. The lowest BCUT2D eigenvalue weighted by Gasteiger charge is -2.51. The lowest BCUT2D eigenvalue weighted by Crippen LogP contribution is -2.70. The van der Waals surface area contributed by atoms with Crippen LogP contribution in [0, 0.1) is 0 Å². The first kappa shape index (κ1) is 85.8. The van der Waals surface area contributed by atoms with Gasteiger partial charge < -0.3 is 115 Å². The van der Waals surface area contributed by atoms with Gasteiger partial charge in [-0.2, -0.15) is 0 Å². The number of aliphatic hydroxyl groups excluding tert-OH is 12. The van der Waals surface area contributed by atoms with E-state index in [0.717, 1.165) is 58.8 Å². The number of ether oxygens (including phenoxy) is 8. The molecule has 15 N–H and O–H groups in total. The van der Waals surface area contributed by atoms with Gasteiger partial charge in [-0.25, -0.2) is 0 Å². The molecular formula is C70H129N3O23. The Balaban J connectivity index is 1.40. The number of allylic oxidation sites excluding steroid dienone is 1. The van der Waals surface area contributed by atoms with E-state index in [9.17, 15) is 75.7 Å². The van der Waals surface area contributed by atoms with Crippen molar-refractivity contribution in [2.45, 2.75) is 381 Å². The summed E-state index contributed by atoms with van der Waals surface area (Å²) in [6.45, 7) is 2.56. The molecule has 96 heavy (non-hydrogen) atoms. The van der Waals surface area contributed by atoms with Gasteiger partial charge in [-0.05, 0) is 19.3 Å². The normalized spacial score (nSPS) is 31.7. The van der Waals surface area contributed by atoms with Gasteiger partial charge in [-0.3, -0.25) is 14.4 Å². The molecule has 0 spiro atoms. The molecule has 4 heterocycles. The highest BCUT2D eigenvalue weighted by Gasteiger charge is 2.57. The number of hydrogen-bond acceptors (Lipinski definition) is 23. The number of carbonyl (C=O) groups excluding carboxylic acids is 3. The number of amides is 3. The average molecular weight is 1380 g/mol. The van der Waals surface area contributed by atoms with Crippen molar-refractivity contribution < 1.29 is 114 Å². The minimum Gasteiger partial charge on any atom is -0.394 e. The summed E-state index contributed by atoms with van der Waals surface area (Å²) >= 11 is 0. The van der Waals surface area contributed by atoms with Gasteiger partial charge in [0.2, 0.25) is 17.7 Å². The molecule has 26 heteroatoms. The summed E-state index contributed by atoms with van der Waals surface area (Å²) in [6, 6.07) is -4.26. The molecule has 26 nitrogen and oxygen atoms in total. The van der Waals surface area contributed by atoms with Gasteiger partial charge in [0.15, 0.2) is 25.2 Å². The van der Waals surface area contributed by atoms with E-state index in [1.54, 1.807) is 6.08 Å². The minimum absolute atomic E-state index is 0.198. The van der Waals surface area contributed by atoms with Crippen LogP contribution in [0.1, 0.15) is 246 Å². The summed E-state index contributed by atoms with van der Waals surface area (Å²) in [5.74, 6) is -1.80. The zero-order chi connectivity index (χ0) is 70.2. The average Bonchev–Trinajstić information content (AvgIpc) is 0.778. The van der Waals surface area contributed by atoms with Crippen LogP contribution in [0.15, 0.2) is 12.2 Å². The van der Waals surface area contributed by atoms with E-state index < -0.39 is 180 Å². The molecule has 0 saturated carbocycles. The molecule has 4 saturated heterocycles. The third-order valence-corrected chi connectivity index (χ3v) is 19.0. The number of rotatable bonds is 52. The molecule has 0 aromatic heterocycles. The molecule has 0 aromatic carbocycles. The summed E-state index contributed by atoms with van der Waals surface area (Å²) in [6.07, 6.45) is 9.49. The monoisotopic (exact) mass is 1380 g/mol. The predicted octanol–water partition coefficient (Wildman–Crippen LogP) is 4.27. The number of unbranched alkanes of at least 4 members (excludes halogenated alkanes) is 31. The summed E-state index contributed by atoms with van der Waals surface area (Å²) in [4.78, 5) is 38.4. The Bertz CT molecular complexity index is 2060. The van der Waals surface area contributed by atoms with E-state index in [1.807, 2.05) is 6.08 Å². The molecule has 0 aromatic rings. The smallest absolute Gasteiger partial charge is 0.220 e. The van der Waals surface area contributed by atoms with Crippen LogP contribution in [-0.4, -0.2) is 247 Å². The first-order valence-corrected chi connectivity index (χ1v) is 36.9. The van der Waals surface area contributed by atoms with Crippen molar-refractivity contribution in [2.24, 2.45) is 0 Å². The SMILES string of the molecule is CCCCCCCCCCCCC/C=C/C(O)C(COC1OC(CO)C(OC2OC(CO)C(OC3OC(CO)C(O)C(O)C3NC(C)=O)C(OC3OC(CO)C(O)C(O)C3NC(C)=O)C2O)C(O)C1O)NC(=O)CCCCCCCCCCCCCCCCCCCCCCC. The summed E-state index contributed by atoms with van der Waals surface area (Å²) in [5.41, 5.74) is 0. The zero-order valence-electron chi connectivity index (χ0n) is 58.3. The van der Waals surface area contributed by atoms with Crippen LogP contribution in [0.5, 0.6) is 0 Å². The highest BCUT2D eigenvalue weighted by Crippen LogP contribution is 2.36. The summed E-state index contributed by atoms with van der Waals surface area (Å²) < 4.78 is 48.2. The van der Waals surface area contributed by atoms with Gasteiger partial charge in [0, 0.05) is 20.3 Å². The van der Waals surface area contributed by atoms with Gasteiger partial charge >= 0.3 is 0 Å². The van der Waals surface area contributed by atoms with E-state index >= 15 is 0 Å². The molecule has 22 atom stereocenters. The Labute approximate surface area is 571 Å². The van der Waals surface area contributed by atoms with Crippen molar-refractivity contribution >= 4 is 17.7 Å². The lowest BCUT2D eigenvalue weighted by molar-refractivity contribution is -0.391. The Kier molecular flexibility index (Phi) is 44.5. The summed E-state index contributed by atoms with van der Waals surface area (Å²) in [7, 11) is 0. The third kappa shape index (κ3) is 30.5. The molecular weight excluding hydrogens is 1250 g/mol. The van der Waals surface area contributed by atoms with E-state index in [2.05, 4.69) is 29.8 Å². The molecule has 0 radical (unpaired) electrons. The largest absolute Gasteiger partial charge is 0.394 e. The quantitative estimate of drug-likeness (QED) is 0.0299. The van der Waals surface area contributed by atoms with Crippen molar-refractivity contribution in [3.8, 4) is 0 Å². The Morgan fingerprint density at radius 2 is 0.760 bits per heavy atom. The van der Waals surface area contributed by atoms with Crippen LogP contribution < -0.4 is 16.0 Å². The fourth-order valence-corrected chi connectivity index (χ4v) is 13.2. The molecule has 0 aliphatic carbocycles. The van der Waals surface area contributed by atoms with E-state index in [0.29, 0.717) is 12.8 Å². The second-order valence-corrected chi connectivity index (χ2v) is 27.2. The number of carbonyl (C=O) groups is 3. The molecule has 4 rings (SSSR count). The topological polar surface area (TPSA) is 404 Å². The number of aliphatic hydroxyl groups is 12. The summed E-state index contributed by atoms with van der Waals surface area (Å²) in [5, 5.41) is 141. The van der Waals surface area contributed by atoms with Crippen molar-refractivity contribution in [2.75, 3.05) is 33.0 Å². The van der Waals surface area contributed by atoms with Gasteiger partial charge in [0.25, 0.3) is 0 Å². The lowest BCUT2D eigenvalue weighted by atomic mass is 9.94. The Hall–Kier alpha value is -2.65. The molecule has 0 bridgehead atoms. The standard InChI is InChI=1S/C70H129N3O23/c1-5-7-9-11-13-15-17-19-20-21-22-23-24-25-26-28-30-32-34-36-38-40-54(81)73-48(49(80)39-37-35-33-31-29-27-18-16-14-12-10-8-6-2)45-89-69-62(87)61(86)64(52(43-76)92-69)94-70-63(88)66(96-68-56(72-47(4)79)60(85)58(83)51(42-75)91-68)65(53(44-77)93-70)95-67-55(71-46(3)78)59(84)57(82)50(41-74)90-67/h37,39,48-53,55-70,74-77,80,82-88H,5-36,38,40-45H2,1-4H3,(H,71,78)(H,72,79)(H,73,81)/b39-37+. The molecule has 3 amide bonds.